The highest BCUT2D eigenvalue weighted by molar-refractivity contribution is 6.24. The molecule has 23 rings (SSSR count). The number of benzene rings is 17. The van der Waals surface area contributed by atoms with Gasteiger partial charge in [0.05, 0.1) is 44.5 Å². The summed E-state index contributed by atoms with van der Waals surface area (Å²) in [5.74, 6) is 3.74. The van der Waals surface area contributed by atoms with Crippen LogP contribution in [0.15, 0.2) is 400 Å². The van der Waals surface area contributed by atoms with Crippen molar-refractivity contribution >= 4 is 109 Å². The summed E-state index contributed by atoms with van der Waals surface area (Å²) in [5.41, 5.74) is 20.5. The van der Waals surface area contributed by atoms with Crippen molar-refractivity contribution in [1.29, 1.82) is 0 Å². The molecular formula is C106H66N10. The van der Waals surface area contributed by atoms with E-state index in [1.54, 1.807) is 0 Å². The van der Waals surface area contributed by atoms with Gasteiger partial charge in [0.1, 0.15) is 0 Å². The molecule has 6 heterocycles. The zero-order chi connectivity index (χ0) is 76.6. The van der Waals surface area contributed by atoms with Gasteiger partial charge in [-0.15, -0.1) is 0 Å². The zero-order valence-corrected chi connectivity index (χ0v) is 62.6. The maximum atomic E-state index is 5.35. The Bertz CT molecular complexity index is 7780. The lowest BCUT2D eigenvalue weighted by atomic mass is 9.93. The average molecular weight is 1480 g/mol. The van der Waals surface area contributed by atoms with Crippen LogP contribution in [0.1, 0.15) is 0 Å². The molecule has 10 heteroatoms. The molecule has 116 heavy (non-hydrogen) atoms. The molecule has 23 aromatic rings. The SMILES string of the molecule is c1ccc(-c2nc(-c3ccc(-c4cc5ccccc5c5ccccc45)cc3)nc(-c3ccc(-c4nc5ccccc5c5c4c4ccccc4n5-c4ccccc4)cc3)n2)cc1.c1ccc(-c2nc(-c3ccc(-c4nc5ccccc5c5c4c4ccccc4n5-c4ccccc4)cc3)nc(-c3ccc4ccc5ccccc5c4c3)n2)cc1. The molecule has 6 aromatic heterocycles. The van der Waals surface area contributed by atoms with E-state index >= 15 is 0 Å². The summed E-state index contributed by atoms with van der Waals surface area (Å²) in [6.45, 7) is 0. The number of aromatic nitrogens is 10. The topological polar surface area (TPSA) is 113 Å². The third-order valence-electron chi connectivity index (χ3n) is 22.4. The second kappa shape index (κ2) is 28.2. The standard InChI is InChI=1S/C56H35N5.C50H31N5/c1-3-15-38(16-4-1)54-58-55(39-31-27-36(28-32-39)48-35-41-17-7-8-20-43(41)44-21-9-10-22-45(44)48)60-56(59-54)40-33-29-37(30-34-40)52-51-47-24-12-14-26-50(47)61(42-18-5-2-6-19-42)53(51)46-23-11-13-25-49(46)57-52;1-3-14-35(15-4-1)48-52-49(54-50(53-48)37-30-25-33-24-23-32-13-7-8-18-39(32)42(33)31-37)36-28-26-34(27-29-36)46-45-41-20-10-12-22-44(41)55(38-16-5-2-6-17-38)47(45)40-19-9-11-21-43(40)51-46/h1-35H;1-31H. The van der Waals surface area contributed by atoms with Gasteiger partial charge >= 0.3 is 0 Å². The van der Waals surface area contributed by atoms with E-state index in [0.717, 1.165) is 138 Å². The molecule has 0 amide bonds. The molecule has 0 radical (unpaired) electrons. The predicted octanol–water partition coefficient (Wildman–Crippen LogP) is 26.6. The van der Waals surface area contributed by atoms with Crippen molar-refractivity contribution in [2.24, 2.45) is 0 Å². The van der Waals surface area contributed by atoms with Crippen molar-refractivity contribution in [2.45, 2.75) is 0 Å². The van der Waals surface area contributed by atoms with Gasteiger partial charge in [0.15, 0.2) is 34.9 Å². The molecule has 540 valence electrons. The highest BCUT2D eigenvalue weighted by Crippen LogP contribution is 2.45. The fraction of sp³-hybridized carbons (Fsp3) is 0. The highest BCUT2D eigenvalue weighted by Gasteiger charge is 2.25. The Morgan fingerprint density at radius 2 is 0.474 bits per heavy atom. The fourth-order valence-corrected chi connectivity index (χ4v) is 17.0. The van der Waals surface area contributed by atoms with Gasteiger partial charge in [-0.1, -0.05) is 340 Å². The Morgan fingerprint density at radius 1 is 0.172 bits per heavy atom. The molecular weight excluding hydrogens is 1410 g/mol. The molecule has 0 saturated carbocycles. The lowest BCUT2D eigenvalue weighted by Gasteiger charge is -2.13. The molecule has 0 bridgehead atoms. The van der Waals surface area contributed by atoms with Crippen molar-refractivity contribution in [3.8, 4) is 113 Å². The molecule has 0 fully saturated rings. The summed E-state index contributed by atoms with van der Waals surface area (Å²) in [6.07, 6.45) is 0. The van der Waals surface area contributed by atoms with Crippen LogP contribution < -0.4 is 0 Å². The first kappa shape index (κ1) is 67.1. The van der Waals surface area contributed by atoms with E-state index in [2.05, 4.69) is 349 Å². The lowest BCUT2D eigenvalue weighted by molar-refractivity contribution is 1.07. The van der Waals surface area contributed by atoms with Crippen LogP contribution >= 0.6 is 0 Å². The Labute approximate surface area is 667 Å². The largest absolute Gasteiger partial charge is 0.308 e. The first-order valence-corrected chi connectivity index (χ1v) is 39.0. The molecule has 17 aromatic carbocycles. The van der Waals surface area contributed by atoms with Crippen molar-refractivity contribution in [3.63, 3.8) is 0 Å². The molecule has 0 saturated heterocycles. The van der Waals surface area contributed by atoms with E-state index in [0.29, 0.717) is 34.9 Å². The van der Waals surface area contributed by atoms with Crippen LogP contribution in [0.4, 0.5) is 0 Å². The summed E-state index contributed by atoms with van der Waals surface area (Å²) < 4.78 is 4.75. The maximum Gasteiger partial charge on any atom is 0.164 e. The fourth-order valence-electron chi connectivity index (χ4n) is 17.0. The number of pyridine rings is 2. The van der Waals surface area contributed by atoms with E-state index in [1.807, 2.05) is 60.7 Å². The monoisotopic (exact) mass is 1480 g/mol. The van der Waals surface area contributed by atoms with Crippen molar-refractivity contribution in [1.82, 2.24) is 49.0 Å². The number of fused-ring (bicyclic) bond motifs is 16. The van der Waals surface area contributed by atoms with Crippen LogP contribution in [0, 0.1) is 0 Å². The average Bonchev–Trinajstić information content (AvgIpc) is 1.56. The molecule has 0 spiro atoms. The molecule has 10 nitrogen and oxygen atoms in total. The molecule has 0 aliphatic heterocycles. The van der Waals surface area contributed by atoms with Gasteiger partial charge in [-0.25, -0.2) is 39.9 Å². The number of rotatable bonds is 11. The second-order valence-corrected chi connectivity index (χ2v) is 29.3. The van der Waals surface area contributed by atoms with Crippen molar-refractivity contribution < 1.29 is 0 Å². The van der Waals surface area contributed by atoms with Gasteiger partial charge in [-0.2, -0.15) is 0 Å². The first-order valence-electron chi connectivity index (χ1n) is 39.0. The Balaban J connectivity index is 0.000000141. The summed E-state index contributed by atoms with van der Waals surface area (Å²) in [6, 6.07) is 140. The minimum absolute atomic E-state index is 0.609. The van der Waals surface area contributed by atoms with Crippen LogP contribution in [-0.2, 0) is 0 Å². The second-order valence-electron chi connectivity index (χ2n) is 29.3. The summed E-state index contributed by atoms with van der Waals surface area (Å²) in [5, 5.41) is 16.5. The zero-order valence-electron chi connectivity index (χ0n) is 62.6. The lowest BCUT2D eigenvalue weighted by Crippen LogP contribution is -2.00. The molecule has 0 aliphatic carbocycles. The van der Waals surface area contributed by atoms with Crippen LogP contribution in [0.2, 0.25) is 0 Å². The minimum atomic E-state index is 0.609. The Hall–Kier alpha value is -15.8. The van der Waals surface area contributed by atoms with E-state index in [4.69, 9.17) is 39.9 Å². The third kappa shape index (κ3) is 11.7. The van der Waals surface area contributed by atoms with Gasteiger partial charge in [0.25, 0.3) is 0 Å². The van der Waals surface area contributed by atoms with Gasteiger partial charge in [0, 0.05) is 88.2 Å². The molecule has 0 unspecified atom stereocenters. The smallest absolute Gasteiger partial charge is 0.164 e. The van der Waals surface area contributed by atoms with Gasteiger partial charge in [-0.05, 0) is 115 Å². The van der Waals surface area contributed by atoms with E-state index in [9.17, 15) is 0 Å². The Morgan fingerprint density at radius 3 is 0.931 bits per heavy atom. The van der Waals surface area contributed by atoms with Gasteiger partial charge in [-0.3, -0.25) is 0 Å². The highest BCUT2D eigenvalue weighted by atomic mass is 15.0. The number of para-hydroxylation sites is 6. The van der Waals surface area contributed by atoms with Crippen LogP contribution in [0.25, 0.3) is 222 Å². The predicted molar refractivity (Wildman–Crippen MR) is 478 cm³/mol. The van der Waals surface area contributed by atoms with Crippen molar-refractivity contribution in [3.05, 3.63) is 400 Å². The van der Waals surface area contributed by atoms with Gasteiger partial charge < -0.3 is 9.13 Å². The summed E-state index contributed by atoms with van der Waals surface area (Å²) >= 11 is 0. The number of hydrogen-bond acceptors (Lipinski definition) is 8. The quantitative estimate of drug-likeness (QED) is 0.118. The molecule has 0 N–H and O–H groups in total. The molecule has 0 aliphatic rings. The number of hydrogen-bond donors (Lipinski definition) is 0. The third-order valence-corrected chi connectivity index (χ3v) is 22.4. The normalized spacial score (nSPS) is 11.6. The van der Waals surface area contributed by atoms with E-state index < -0.39 is 0 Å². The van der Waals surface area contributed by atoms with Crippen molar-refractivity contribution in [2.75, 3.05) is 0 Å². The molecule has 0 atom stereocenters. The van der Waals surface area contributed by atoms with Crippen LogP contribution in [-0.4, -0.2) is 49.0 Å². The Kier molecular flexibility index (Phi) is 16.3. The summed E-state index contributed by atoms with van der Waals surface area (Å²) in [7, 11) is 0. The maximum absolute atomic E-state index is 5.35. The number of nitrogens with zero attached hydrogens (tertiary/aromatic N) is 10. The van der Waals surface area contributed by atoms with Gasteiger partial charge in [0.2, 0.25) is 0 Å². The minimum Gasteiger partial charge on any atom is -0.308 e. The van der Waals surface area contributed by atoms with E-state index in [-0.39, 0.29) is 0 Å². The summed E-state index contributed by atoms with van der Waals surface area (Å²) in [4.78, 5) is 41.1. The first-order chi connectivity index (χ1) is 57.5. The van der Waals surface area contributed by atoms with Crippen LogP contribution in [0.5, 0.6) is 0 Å². The van der Waals surface area contributed by atoms with E-state index in [1.165, 1.54) is 48.7 Å². The van der Waals surface area contributed by atoms with Crippen LogP contribution in [0.3, 0.4) is 0 Å².